The Balaban J connectivity index is 2.12. The van der Waals surface area contributed by atoms with Crippen LogP contribution < -0.4 is 5.19 Å². The average Bonchev–Trinajstić information content (AvgIpc) is 2.49. The number of nitro groups is 1. The second-order valence-electron chi connectivity index (χ2n) is 4.11. The fourth-order valence-corrected chi connectivity index (χ4v) is 3.18. The molecule has 0 aliphatic rings. The molecule has 20 heavy (non-hydrogen) atoms. The van der Waals surface area contributed by atoms with E-state index in [1.807, 2.05) is 30.3 Å². The summed E-state index contributed by atoms with van der Waals surface area (Å²) in [4.78, 5) is 10.6. The Morgan fingerprint density at radius 3 is 2.45 bits per heavy atom. The fourth-order valence-electron chi connectivity index (χ4n) is 1.83. The lowest BCUT2D eigenvalue weighted by atomic mass is 10.2. The lowest BCUT2D eigenvalue weighted by Gasteiger charge is -2.11. The number of para-hydroxylation sites is 1. The monoisotopic (exact) mass is 284 g/mol. The van der Waals surface area contributed by atoms with E-state index in [2.05, 4.69) is 6.58 Å². The van der Waals surface area contributed by atoms with Crippen molar-refractivity contribution in [2.75, 3.05) is 0 Å². The van der Waals surface area contributed by atoms with Crippen LogP contribution in [0.1, 0.15) is 5.56 Å². The first kappa shape index (κ1) is 14.2. The molecule has 0 atom stereocenters. The van der Waals surface area contributed by atoms with Crippen molar-refractivity contribution in [1.29, 1.82) is 0 Å². The molecule has 2 aromatic carbocycles. The molecule has 2 aromatic rings. The third kappa shape index (κ3) is 3.40. The zero-order valence-corrected chi connectivity index (χ0v) is 11.9. The van der Waals surface area contributed by atoms with Crippen molar-refractivity contribution in [3.8, 4) is 0 Å². The van der Waals surface area contributed by atoms with Gasteiger partial charge < -0.3 is 4.43 Å². The van der Waals surface area contributed by atoms with Crippen LogP contribution in [0.15, 0.2) is 66.9 Å². The van der Waals surface area contributed by atoms with Gasteiger partial charge >= 0.3 is 0 Å². The van der Waals surface area contributed by atoms with Crippen LogP contribution in [0.5, 0.6) is 0 Å². The predicted octanol–water partition coefficient (Wildman–Crippen LogP) is 2.74. The Hall–Kier alpha value is -2.24. The quantitative estimate of drug-likeness (QED) is 0.465. The summed E-state index contributed by atoms with van der Waals surface area (Å²) >= 11 is 0. The Morgan fingerprint density at radius 1 is 1.15 bits per heavy atom. The largest absolute Gasteiger partial charge is 0.403 e. The molecule has 0 heterocycles. The van der Waals surface area contributed by atoms with E-state index in [0.29, 0.717) is 5.56 Å². The minimum atomic E-state index is -1.36. The van der Waals surface area contributed by atoms with Gasteiger partial charge in [-0.25, -0.2) is 0 Å². The van der Waals surface area contributed by atoms with Crippen LogP contribution in [-0.2, 0) is 11.0 Å². The van der Waals surface area contributed by atoms with E-state index in [1.165, 1.54) is 6.07 Å². The molecule has 2 rings (SSSR count). The molecular formula is C15H14NO3Si. The van der Waals surface area contributed by atoms with E-state index in [9.17, 15) is 10.1 Å². The molecular weight excluding hydrogens is 270 g/mol. The molecule has 0 saturated heterocycles. The van der Waals surface area contributed by atoms with Gasteiger partial charge in [0.05, 0.1) is 17.1 Å². The van der Waals surface area contributed by atoms with Crippen LogP contribution in [0.2, 0.25) is 0 Å². The second kappa shape index (κ2) is 6.79. The van der Waals surface area contributed by atoms with Crippen LogP contribution >= 0.6 is 0 Å². The first-order valence-corrected chi connectivity index (χ1v) is 7.61. The van der Waals surface area contributed by atoms with Gasteiger partial charge in [0.15, 0.2) is 0 Å². The lowest BCUT2D eigenvalue weighted by Crippen LogP contribution is -2.31. The van der Waals surface area contributed by atoms with E-state index in [-0.39, 0.29) is 17.2 Å². The Morgan fingerprint density at radius 2 is 1.80 bits per heavy atom. The van der Waals surface area contributed by atoms with Crippen molar-refractivity contribution in [2.24, 2.45) is 0 Å². The predicted molar refractivity (Wildman–Crippen MR) is 79.9 cm³/mol. The van der Waals surface area contributed by atoms with Gasteiger partial charge in [0.2, 0.25) is 0 Å². The number of nitrogens with zero attached hydrogens (tertiary/aromatic N) is 1. The third-order valence-electron chi connectivity index (χ3n) is 2.82. The molecule has 0 aliphatic carbocycles. The van der Waals surface area contributed by atoms with Gasteiger partial charge in [0.25, 0.3) is 14.7 Å². The molecule has 1 radical (unpaired) electrons. The van der Waals surface area contributed by atoms with Crippen molar-refractivity contribution in [2.45, 2.75) is 6.61 Å². The number of nitro benzene ring substituents is 1. The zero-order valence-electron chi connectivity index (χ0n) is 10.9. The second-order valence-corrected chi connectivity index (χ2v) is 6.11. The summed E-state index contributed by atoms with van der Waals surface area (Å²) in [6, 6.07) is 16.4. The van der Waals surface area contributed by atoms with E-state index in [4.69, 9.17) is 4.43 Å². The molecule has 0 aromatic heterocycles. The highest BCUT2D eigenvalue weighted by atomic mass is 28.3. The summed E-state index contributed by atoms with van der Waals surface area (Å²) in [7, 11) is -1.36. The van der Waals surface area contributed by atoms with Gasteiger partial charge in [-0.2, -0.15) is 0 Å². The molecule has 0 unspecified atom stereocenters. The molecule has 0 aliphatic heterocycles. The maximum absolute atomic E-state index is 10.9. The lowest BCUT2D eigenvalue weighted by molar-refractivity contribution is -0.385. The normalized spacial score (nSPS) is 10.4. The van der Waals surface area contributed by atoms with Crippen molar-refractivity contribution in [3.05, 3.63) is 82.6 Å². The summed E-state index contributed by atoms with van der Waals surface area (Å²) in [5, 5.41) is 12.0. The first-order valence-electron chi connectivity index (χ1n) is 6.12. The minimum absolute atomic E-state index is 0.0889. The summed E-state index contributed by atoms with van der Waals surface area (Å²) in [6.45, 7) is 4.01. The van der Waals surface area contributed by atoms with Crippen molar-refractivity contribution in [3.63, 3.8) is 0 Å². The van der Waals surface area contributed by atoms with E-state index in [1.54, 1.807) is 23.9 Å². The molecule has 0 spiro atoms. The molecule has 0 amide bonds. The van der Waals surface area contributed by atoms with Gasteiger partial charge in [0, 0.05) is 6.07 Å². The summed E-state index contributed by atoms with van der Waals surface area (Å²) in [5.41, 5.74) is 2.46. The van der Waals surface area contributed by atoms with Gasteiger partial charge in [0.1, 0.15) is 0 Å². The summed E-state index contributed by atoms with van der Waals surface area (Å²) in [6.07, 6.45) is 0. The van der Waals surface area contributed by atoms with Crippen LogP contribution in [0.25, 0.3) is 0 Å². The van der Waals surface area contributed by atoms with Crippen LogP contribution in [0, 0.1) is 10.1 Å². The summed E-state index contributed by atoms with van der Waals surface area (Å²) < 4.78 is 5.83. The number of rotatable bonds is 6. The molecule has 0 fully saturated rings. The van der Waals surface area contributed by atoms with Crippen LogP contribution in [-0.4, -0.2) is 14.0 Å². The van der Waals surface area contributed by atoms with Crippen molar-refractivity contribution >= 4 is 19.9 Å². The van der Waals surface area contributed by atoms with Crippen molar-refractivity contribution in [1.82, 2.24) is 0 Å². The topological polar surface area (TPSA) is 52.4 Å². The van der Waals surface area contributed by atoms with E-state index < -0.39 is 9.04 Å². The molecule has 5 heteroatoms. The fraction of sp³-hybridized carbons (Fsp3) is 0.0667. The molecule has 0 N–H and O–H groups in total. The van der Waals surface area contributed by atoms with Gasteiger partial charge in [-0.15, -0.1) is 6.58 Å². The maximum atomic E-state index is 10.9. The van der Waals surface area contributed by atoms with Gasteiger partial charge in [-0.05, 0) is 11.3 Å². The Kier molecular flexibility index (Phi) is 4.81. The van der Waals surface area contributed by atoms with Crippen LogP contribution in [0.3, 0.4) is 0 Å². The molecule has 0 saturated carbocycles. The Bertz CT molecular complexity index is 601. The highest BCUT2D eigenvalue weighted by molar-refractivity contribution is 6.72. The standard InChI is InChI=1S/C15H14NO3Si/c1-2-20(14-9-4-3-5-10-14)19-12-13-8-6-7-11-15(13)16(17)18/h2-11H,1,12H2. The van der Waals surface area contributed by atoms with Gasteiger partial charge in [-0.3, -0.25) is 10.1 Å². The molecule has 4 nitrogen and oxygen atoms in total. The SMILES string of the molecule is C=C[Si](OCc1ccccc1[N+](=O)[O-])c1ccccc1. The smallest absolute Gasteiger partial charge is 0.274 e. The maximum Gasteiger partial charge on any atom is 0.274 e. The van der Waals surface area contributed by atoms with Gasteiger partial charge in [-0.1, -0.05) is 48.2 Å². The molecule has 0 bridgehead atoms. The van der Waals surface area contributed by atoms with Crippen molar-refractivity contribution < 1.29 is 9.35 Å². The highest BCUT2D eigenvalue weighted by Gasteiger charge is 2.16. The highest BCUT2D eigenvalue weighted by Crippen LogP contribution is 2.18. The van der Waals surface area contributed by atoms with Crippen LogP contribution in [0.4, 0.5) is 5.69 Å². The minimum Gasteiger partial charge on any atom is -0.403 e. The van der Waals surface area contributed by atoms with E-state index >= 15 is 0 Å². The first-order chi connectivity index (χ1) is 9.72. The van der Waals surface area contributed by atoms with E-state index in [0.717, 1.165) is 5.19 Å². The number of benzene rings is 2. The third-order valence-corrected chi connectivity index (χ3v) is 4.54. The zero-order chi connectivity index (χ0) is 14.4. The molecule has 101 valence electrons. The summed E-state index contributed by atoms with van der Waals surface area (Å²) in [5.74, 6) is 0. The Labute approximate surface area is 119 Å². The number of hydrogen-bond acceptors (Lipinski definition) is 3. The number of hydrogen-bond donors (Lipinski definition) is 0. The average molecular weight is 284 g/mol.